The maximum atomic E-state index is 13.3. The molecule has 0 saturated carbocycles. The van der Waals surface area contributed by atoms with Crippen LogP contribution in [0.2, 0.25) is 0 Å². The van der Waals surface area contributed by atoms with Gasteiger partial charge in [-0.05, 0) is 61.0 Å². The number of nitrogens with one attached hydrogen (secondary N) is 3. The number of thioether (sulfide) groups is 1. The van der Waals surface area contributed by atoms with Gasteiger partial charge in [-0.3, -0.25) is 19.2 Å². The summed E-state index contributed by atoms with van der Waals surface area (Å²) in [6.07, 6.45) is 1.64. The van der Waals surface area contributed by atoms with Crippen LogP contribution in [0.4, 0.5) is 10.8 Å². The van der Waals surface area contributed by atoms with Crippen molar-refractivity contribution < 1.29 is 23.9 Å². The highest BCUT2D eigenvalue weighted by atomic mass is 79.9. The van der Waals surface area contributed by atoms with Gasteiger partial charge >= 0.3 is 5.97 Å². The minimum Gasteiger partial charge on any atom is -0.466 e. The summed E-state index contributed by atoms with van der Waals surface area (Å²) in [4.78, 5) is 55.3. The Hall–Kier alpha value is -4.26. The van der Waals surface area contributed by atoms with Crippen molar-refractivity contribution in [3.05, 3.63) is 111 Å². The van der Waals surface area contributed by atoms with Crippen molar-refractivity contribution in [2.24, 2.45) is 0 Å². The molecule has 220 valence electrons. The molecule has 1 aromatic heterocycles. The second-order valence-electron chi connectivity index (χ2n) is 8.87. The molecule has 4 aromatic rings. The molecule has 43 heavy (non-hydrogen) atoms. The van der Waals surface area contributed by atoms with Crippen molar-refractivity contribution in [2.75, 3.05) is 23.0 Å². The van der Waals surface area contributed by atoms with E-state index in [1.807, 2.05) is 30.3 Å². The highest BCUT2D eigenvalue weighted by molar-refractivity contribution is 9.10. The lowest BCUT2D eigenvalue weighted by atomic mass is 10.1. The van der Waals surface area contributed by atoms with Crippen LogP contribution in [0, 0.1) is 0 Å². The van der Waals surface area contributed by atoms with Gasteiger partial charge in [0, 0.05) is 26.0 Å². The lowest BCUT2D eigenvalue weighted by molar-refractivity contribution is -0.142. The van der Waals surface area contributed by atoms with E-state index in [-0.39, 0.29) is 29.7 Å². The summed E-state index contributed by atoms with van der Waals surface area (Å²) in [5.74, 6) is -1.45. The summed E-state index contributed by atoms with van der Waals surface area (Å²) in [6, 6.07) is 23.0. The van der Waals surface area contributed by atoms with Crippen LogP contribution in [0.3, 0.4) is 0 Å². The Morgan fingerprint density at radius 1 is 0.977 bits per heavy atom. The number of rotatable bonds is 12. The van der Waals surface area contributed by atoms with Crippen LogP contribution >= 0.6 is 39.0 Å². The van der Waals surface area contributed by atoms with Gasteiger partial charge in [0.05, 0.1) is 24.5 Å². The number of esters is 1. The molecule has 1 heterocycles. The highest BCUT2D eigenvalue weighted by Crippen LogP contribution is 2.23. The van der Waals surface area contributed by atoms with E-state index >= 15 is 0 Å². The van der Waals surface area contributed by atoms with E-state index in [1.165, 1.54) is 23.1 Å². The molecule has 0 atom stereocenters. The van der Waals surface area contributed by atoms with E-state index in [0.717, 1.165) is 14.9 Å². The molecule has 0 saturated heterocycles. The van der Waals surface area contributed by atoms with Crippen LogP contribution in [0.5, 0.6) is 0 Å². The Kier molecular flexibility index (Phi) is 11.7. The Labute approximate surface area is 265 Å². The van der Waals surface area contributed by atoms with Gasteiger partial charge in [-0.15, -0.1) is 23.1 Å². The third-order valence-corrected chi connectivity index (χ3v) is 7.93. The maximum absolute atomic E-state index is 13.3. The Balaban J connectivity index is 1.38. The normalized spacial score (nSPS) is 11.0. The summed E-state index contributed by atoms with van der Waals surface area (Å²) in [6.45, 7) is 2.03. The second-order valence-corrected chi connectivity index (χ2v) is 11.7. The zero-order chi connectivity index (χ0) is 30.6. The molecule has 0 bridgehead atoms. The van der Waals surface area contributed by atoms with Crippen LogP contribution < -0.4 is 16.0 Å². The van der Waals surface area contributed by atoms with Crippen LogP contribution in [0.25, 0.3) is 6.08 Å². The molecule has 0 fully saturated rings. The Bertz CT molecular complexity index is 1620. The topological polar surface area (TPSA) is 126 Å². The number of halogens is 1. The number of thiazole rings is 1. The van der Waals surface area contributed by atoms with Gasteiger partial charge in [0.2, 0.25) is 5.91 Å². The Morgan fingerprint density at radius 2 is 1.74 bits per heavy atom. The average molecular weight is 680 g/mol. The molecule has 3 N–H and O–H groups in total. The molecule has 0 aliphatic carbocycles. The van der Waals surface area contributed by atoms with Gasteiger partial charge in [0.25, 0.3) is 11.8 Å². The van der Waals surface area contributed by atoms with Gasteiger partial charge in [0.15, 0.2) is 5.13 Å². The molecule has 12 heteroatoms. The number of hydrogen-bond donors (Lipinski definition) is 3. The summed E-state index contributed by atoms with van der Waals surface area (Å²) in [5.41, 5.74) is 2.24. The minimum atomic E-state index is -0.505. The lowest BCUT2D eigenvalue weighted by Gasteiger charge is -2.12. The molecule has 0 radical (unpaired) electrons. The lowest BCUT2D eigenvalue weighted by Crippen LogP contribution is -2.30. The fourth-order valence-electron chi connectivity index (χ4n) is 3.64. The van der Waals surface area contributed by atoms with E-state index in [4.69, 9.17) is 4.74 Å². The number of benzene rings is 3. The number of carbonyl (C=O) groups excluding carboxylic acids is 4. The molecule has 3 amide bonds. The predicted octanol–water partition coefficient (Wildman–Crippen LogP) is 6.15. The summed E-state index contributed by atoms with van der Waals surface area (Å²) in [5, 5.41) is 10.4. The van der Waals surface area contributed by atoms with Gasteiger partial charge in [-0.25, -0.2) is 4.98 Å². The molecule has 0 aliphatic rings. The SMILES string of the molecule is CCOC(=O)Cc1csc(NC(=O)CSc2cccc(NC(=O)/C(=C/c3ccc(Br)cc3)NC(=O)c3ccccc3)c2)n1. The number of amides is 3. The molecular formula is C31H27BrN4O5S2. The quantitative estimate of drug-likeness (QED) is 0.0932. The van der Waals surface area contributed by atoms with Crippen molar-refractivity contribution >= 4 is 79.6 Å². The number of hydrogen-bond acceptors (Lipinski definition) is 8. The third-order valence-electron chi connectivity index (χ3n) is 5.60. The van der Waals surface area contributed by atoms with Crippen LogP contribution in [0.1, 0.15) is 28.5 Å². The van der Waals surface area contributed by atoms with Crippen LogP contribution in [-0.2, 0) is 25.5 Å². The second kappa shape index (κ2) is 15.8. The molecule has 0 aliphatic heterocycles. The first-order valence-corrected chi connectivity index (χ1v) is 15.7. The highest BCUT2D eigenvalue weighted by Gasteiger charge is 2.16. The smallest absolute Gasteiger partial charge is 0.311 e. The third kappa shape index (κ3) is 10.2. The average Bonchev–Trinajstić information content (AvgIpc) is 3.43. The van der Waals surface area contributed by atoms with E-state index in [2.05, 4.69) is 36.9 Å². The molecular weight excluding hydrogens is 652 g/mol. The zero-order valence-electron chi connectivity index (χ0n) is 23.0. The molecule has 0 spiro atoms. The van der Waals surface area contributed by atoms with Gasteiger partial charge in [-0.1, -0.05) is 52.3 Å². The number of ether oxygens (including phenoxy) is 1. The molecule has 4 rings (SSSR count). The monoisotopic (exact) mass is 678 g/mol. The first kappa shape index (κ1) is 31.7. The van der Waals surface area contributed by atoms with Crippen molar-refractivity contribution in [3.63, 3.8) is 0 Å². The number of carbonyl (C=O) groups is 4. The van der Waals surface area contributed by atoms with Gasteiger partial charge in [-0.2, -0.15) is 0 Å². The largest absolute Gasteiger partial charge is 0.466 e. The standard InChI is InChI=1S/C31H27BrN4O5S2/c1-2-41-28(38)17-24-18-43-31(34-24)36-27(37)19-42-25-10-6-9-23(16-25)33-30(40)26(15-20-11-13-22(32)14-12-20)35-29(39)21-7-4-3-5-8-21/h3-16,18H,2,17,19H2,1H3,(H,33,40)(H,35,39)(H,34,36,37)/b26-15-. The summed E-state index contributed by atoms with van der Waals surface area (Å²) < 4.78 is 5.81. The van der Waals surface area contributed by atoms with Gasteiger partial charge < -0.3 is 20.7 Å². The van der Waals surface area contributed by atoms with Crippen molar-refractivity contribution in [1.29, 1.82) is 0 Å². The fraction of sp³-hybridized carbons (Fsp3) is 0.129. The first-order valence-electron chi connectivity index (χ1n) is 13.1. The van der Waals surface area contributed by atoms with Gasteiger partial charge in [0.1, 0.15) is 5.70 Å². The number of anilines is 2. The Morgan fingerprint density at radius 3 is 2.49 bits per heavy atom. The molecule has 9 nitrogen and oxygen atoms in total. The maximum Gasteiger partial charge on any atom is 0.311 e. The number of nitrogens with zero attached hydrogens (tertiary/aromatic N) is 1. The fourth-order valence-corrected chi connectivity index (χ4v) is 5.39. The molecule has 3 aromatic carbocycles. The van der Waals surface area contributed by atoms with Crippen LogP contribution in [-0.4, -0.2) is 41.0 Å². The van der Waals surface area contributed by atoms with E-state index in [9.17, 15) is 19.2 Å². The summed E-state index contributed by atoms with van der Waals surface area (Å²) in [7, 11) is 0. The zero-order valence-corrected chi connectivity index (χ0v) is 26.2. The molecule has 0 unspecified atom stereocenters. The first-order chi connectivity index (χ1) is 20.8. The number of aromatic nitrogens is 1. The minimum absolute atomic E-state index is 0.0451. The van der Waals surface area contributed by atoms with Crippen LogP contribution in [0.15, 0.2) is 99.3 Å². The van der Waals surface area contributed by atoms with E-state index in [1.54, 1.807) is 66.9 Å². The van der Waals surface area contributed by atoms with Crippen molar-refractivity contribution in [3.8, 4) is 0 Å². The van der Waals surface area contributed by atoms with Crippen molar-refractivity contribution in [2.45, 2.75) is 18.2 Å². The van der Waals surface area contributed by atoms with Crippen molar-refractivity contribution in [1.82, 2.24) is 10.3 Å². The predicted molar refractivity (Wildman–Crippen MR) is 173 cm³/mol. The summed E-state index contributed by atoms with van der Waals surface area (Å²) >= 11 is 5.91. The van der Waals surface area contributed by atoms with E-state index in [0.29, 0.717) is 28.7 Å². The van der Waals surface area contributed by atoms with E-state index < -0.39 is 11.8 Å².